The van der Waals surface area contributed by atoms with Crippen LogP contribution in [0.15, 0.2) is 27.4 Å². The fourth-order valence-corrected chi connectivity index (χ4v) is 2.09. The molecule has 2 rings (SSSR count). The zero-order valence-electron chi connectivity index (χ0n) is 11.5. The number of benzene rings is 1. The van der Waals surface area contributed by atoms with Gasteiger partial charge >= 0.3 is 5.63 Å². The first-order chi connectivity index (χ1) is 9.42. The van der Waals surface area contributed by atoms with Crippen LogP contribution in [0.25, 0.3) is 11.0 Å². The first-order valence-electron chi connectivity index (χ1n) is 6.35. The van der Waals surface area contributed by atoms with Crippen LogP contribution in [0.5, 0.6) is 5.75 Å². The molecule has 0 bridgehead atoms. The Labute approximate surface area is 121 Å². The van der Waals surface area contributed by atoms with Gasteiger partial charge in [-0.1, -0.05) is 18.5 Å². The van der Waals surface area contributed by atoms with Crippen LogP contribution in [0, 0.1) is 0 Å². The van der Waals surface area contributed by atoms with E-state index < -0.39 is 11.7 Å². The molecule has 5 heteroatoms. The summed E-state index contributed by atoms with van der Waals surface area (Å²) in [6.45, 7) is 5.03. The van der Waals surface area contributed by atoms with E-state index in [9.17, 15) is 9.59 Å². The quantitative estimate of drug-likeness (QED) is 0.811. The Kier molecular flexibility index (Phi) is 4.14. The van der Waals surface area contributed by atoms with Crippen LogP contribution in [0.4, 0.5) is 0 Å². The molecule has 0 fully saturated rings. The number of ether oxygens (including phenoxy) is 1. The monoisotopic (exact) mass is 294 g/mol. The van der Waals surface area contributed by atoms with Crippen molar-refractivity contribution in [2.45, 2.75) is 33.3 Å². The van der Waals surface area contributed by atoms with Crippen molar-refractivity contribution in [2.75, 3.05) is 0 Å². The van der Waals surface area contributed by atoms with E-state index in [0.29, 0.717) is 22.8 Å². The molecule has 0 aliphatic carbocycles. The van der Waals surface area contributed by atoms with E-state index in [1.165, 1.54) is 13.0 Å². The number of ketones is 1. The molecular weight excluding hydrogens is 280 g/mol. The van der Waals surface area contributed by atoms with Crippen molar-refractivity contribution in [3.05, 3.63) is 39.2 Å². The zero-order chi connectivity index (χ0) is 14.9. The van der Waals surface area contributed by atoms with Gasteiger partial charge in [0.25, 0.3) is 0 Å². The first kappa shape index (κ1) is 14.6. The summed E-state index contributed by atoms with van der Waals surface area (Å²) in [5.74, 6) is 0.225. The number of Topliss-reactive ketones (excluding diaryl/α,β-unsaturated/α-hetero) is 1. The lowest BCUT2D eigenvalue weighted by Crippen LogP contribution is -2.20. The topological polar surface area (TPSA) is 56.5 Å². The zero-order valence-corrected chi connectivity index (χ0v) is 12.3. The summed E-state index contributed by atoms with van der Waals surface area (Å²) in [7, 11) is 0. The second-order valence-electron chi connectivity index (χ2n) is 4.59. The number of rotatable bonds is 4. The number of carbonyl (C=O) groups excluding carboxylic acids is 1. The SMILES string of the molecule is CCc1cc(=O)oc2cc(O[C@@H](C)C(C)=O)c(Cl)cc12. The summed E-state index contributed by atoms with van der Waals surface area (Å²) in [6, 6.07) is 4.70. The fourth-order valence-electron chi connectivity index (χ4n) is 1.88. The molecule has 0 saturated carbocycles. The normalized spacial score (nSPS) is 12.4. The van der Waals surface area contributed by atoms with E-state index in [1.54, 1.807) is 19.1 Å². The maximum Gasteiger partial charge on any atom is 0.336 e. The maximum atomic E-state index is 11.5. The predicted octanol–water partition coefficient (Wildman–Crippen LogP) is 3.37. The van der Waals surface area contributed by atoms with Gasteiger partial charge in [-0.3, -0.25) is 4.79 Å². The third kappa shape index (κ3) is 2.85. The molecule has 1 aromatic heterocycles. The lowest BCUT2D eigenvalue weighted by molar-refractivity contribution is -0.122. The third-order valence-electron chi connectivity index (χ3n) is 3.14. The average molecular weight is 295 g/mol. The minimum Gasteiger partial charge on any atom is -0.481 e. The minimum atomic E-state index is -0.606. The average Bonchev–Trinajstić information content (AvgIpc) is 2.39. The number of fused-ring (bicyclic) bond motifs is 1. The molecule has 0 aliphatic rings. The Morgan fingerprint density at radius 1 is 1.40 bits per heavy atom. The van der Waals surface area contributed by atoms with E-state index in [-0.39, 0.29) is 5.78 Å². The summed E-state index contributed by atoms with van der Waals surface area (Å²) < 4.78 is 10.6. The summed E-state index contributed by atoms with van der Waals surface area (Å²) >= 11 is 6.16. The molecule has 1 aromatic carbocycles. The van der Waals surface area contributed by atoms with Crippen molar-refractivity contribution in [1.29, 1.82) is 0 Å². The van der Waals surface area contributed by atoms with Gasteiger partial charge in [-0.2, -0.15) is 0 Å². The Bertz CT molecular complexity index is 718. The molecular formula is C15H15ClO4. The molecule has 0 saturated heterocycles. The molecule has 1 atom stereocenters. The smallest absolute Gasteiger partial charge is 0.336 e. The molecule has 106 valence electrons. The molecule has 20 heavy (non-hydrogen) atoms. The fraction of sp³-hybridized carbons (Fsp3) is 0.333. The molecule has 0 N–H and O–H groups in total. The van der Waals surface area contributed by atoms with Gasteiger partial charge in [0.05, 0.1) is 5.02 Å². The number of hydrogen-bond acceptors (Lipinski definition) is 4. The third-order valence-corrected chi connectivity index (χ3v) is 3.44. The summed E-state index contributed by atoms with van der Waals surface area (Å²) in [5.41, 5.74) is 0.857. The van der Waals surface area contributed by atoms with Crippen molar-refractivity contribution < 1.29 is 13.9 Å². The molecule has 4 nitrogen and oxygen atoms in total. The number of carbonyl (C=O) groups is 1. The van der Waals surface area contributed by atoms with Crippen LogP contribution < -0.4 is 10.4 Å². The lowest BCUT2D eigenvalue weighted by atomic mass is 10.1. The van der Waals surface area contributed by atoms with Gasteiger partial charge in [0, 0.05) is 17.5 Å². The van der Waals surface area contributed by atoms with Crippen LogP contribution in [0.2, 0.25) is 5.02 Å². The summed E-state index contributed by atoms with van der Waals surface area (Å²) in [5, 5.41) is 1.16. The van der Waals surface area contributed by atoms with Crippen molar-refractivity contribution in [2.24, 2.45) is 0 Å². The first-order valence-corrected chi connectivity index (χ1v) is 6.73. The van der Waals surface area contributed by atoms with E-state index in [0.717, 1.165) is 10.9 Å². The van der Waals surface area contributed by atoms with Gasteiger partial charge in [0.1, 0.15) is 11.3 Å². The highest BCUT2D eigenvalue weighted by Crippen LogP contribution is 2.32. The van der Waals surface area contributed by atoms with Gasteiger partial charge < -0.3 is 9.15 Å². The van der Waals surface area contributed by atoms with Gasteiger partial charge in [0.15, 0.2) is 11.9 Å². The molecule has 0 unspecified atom stereocenters. The molecule has 2 aromatic rings. The Morgan fingerprint density at radius 2 is 2.10 bits per heavy atom. The number of hydrogen-bond donors (Lipinski definition) is 0. The highest BCUT2D eigenvalue weighted by Gasteiger charge is 2.14. The van der Waals surface area contributed by atoms with Gasteiger partial charge in [-0.05, 0) is 31.9 Å². The van der Waals surface area contributed by atoms with Crippen LogP contribution in [0.1, 0.15) is 26.3 Å². The second-order valence-corrected chi connectivity index (χ2v) is 5.00. The van der Waals surface area contributed by atoms with Crippen LogP contribution in [-0.2, 0) is 11.2 Å². The Balaban J connectivity index is 2.57. The highest BCUT2D eigenvalue weighted by molar-refractivity contribution is 6.32. The van der Waals surface area contributed by atoms with Crippen LogP contribution in [0.3, 0.4) is 0 Å². The van der Waals surface area contributed by atoms with Crippen molar-refractivity contribution in [3.63, 3.8) is 0 Å². The number of halogens is 1. The van der Waals surface area contributed by atoms with Crippen LogP contribution >= 0.6 is 11.6 Å². The van der Waals surface area contributed by atoms with Crippen LogP contribution in [-0.4, -0.2) is 11.9 Å². The highest BCUT2D eigenvalue weighted by atomic mass is 35.5. The van der Waals surface area contributed by atoms with Gasteiger partial charge in [-0.15, -0.1) is 0 Å². The maximum absolute atomic E-state index is 11.5. The predicted molar refractivity (Wildman–Crippen MR) is 77.6 cm³/mol. The lowest BCUT2D eigenvalue weighted by Gasteiger charge is -2.14. The van der Waals surface area contributed by atoms with Crippen molar-refractivity contribution >= 4 is 28.4 Å². The molecule has 1 heterocycles. The summed E-state index contributed by atoms with van der Waals surface area (Å²) in [4.78, 5) is 22.7. The van der Waals surface area contributed by atoms with E-state index in [2.05, 4.69) is 0 Å². The standard InChI is InChI=1S/C15H15ClO4/c1-4-10-5-15(18)20-13-7-14(12(16)6-11(10)13)19-9(3)8(2)17/h5-7,9H,4H2,1-3H3/t9-/m0/s1. The van der Waals surface area contributed by atoms with Crippen molar-refractivity contribution in [1.82, 2.24) is 0 Å². The van der Waals surface area contributed by atoms with Gasteiger partial charge in [-0.25, -0.2) is 4.79 Å². The van der Waals surface area contributed by atoms with Gasteiger partial charge in [0.2, 0.25) is 0 Å². The summed E-state index contributed by atoms with van der Waals surface area (Å²) in [6.07, 6.45) is 0.0914. The molecule has 0 aliphatic heterocycles. The number of aryl methyl sites for hydroxylation is 1. The van der Waals surface area contributed by atoms with E-state index in [1.807, 2.05) is 6.92 Å². The second kappa shape index (κ2) is 5.67. The largest absolute Gasteiger partial charge is 0.481 e. The minimum absolute atomic E-state index is 0.107. The van der Waals surface area contributed by atoms with E-state index >= 15 is 0 Å². The Morgan fingerprint density at radius 3 is 2.70 bits per heavy atom. The van der Waals surface area contributed by atoms with E-state index in [4.69, 9.17) is 20.8 Å². The molecule has 0 radical (unpaired) electrons. The molecule has 0 spiro atoms. The molecule has 0 amide bonds. The Hall–Kier alpha value is -1.81. The van der Waals surface area contributed by atoms with Crippen molar-refractivity contribution in [3.8, 4) is 5.75 Å².